The fourth-order valence-electron chi connectivity index (χ4n) is 1.69. The molecule has 5 nitrogen and oxygen atoms in total. The van der Waals surface area contributed by atoms with Crippen molar-refractivity contribution >= 4 is 5.69 Å². The van der Waals surface area contributed by atoms with Gasteiger partial charge in [0.15, 0.2) is 0 Å². The lowest BCUT2D eigenvalue weighted by atomic mass is 10.1. The summed E-state index contributed by atoms with van der Waals surface area (Å²) < 4.78 is 5.13. The van der Waals surface area contributed by atoms with Crippen molar-refractivity contribution < 1.29 is 9.66 Å². The molecule has 0 spiro atoms. The van der Waals surface area contributed by atoms with Gasteiger partial charge in [0.2, 0.25) is 0 Å². The number of nitrogens with two attached hydrogens (primary N) is 1. The minimum atomic E-state index is -0.431. The summed E-state index contributed by atoms with van der Waals surface area (Å²) in [6, 6.07) is 4.83. The molecule has 0 heterocycles. The van der Waals surface area contributed by atoms with Crippen LogP contribution in [0.25, 0.3) is 0 Å². The molecule has 1 aliphatic carbocycles. The molecule has 0 radical (unpaired) electrons. The molecule has 1 aromatic carbocycles. The van der Waals surface area contributed by atoms with E-state index in [2.05, 4.69) is 0 Å². The highest BCUT2D eigenvalue weighted by molar-refractivity contribution is 5.48. The Bertz CT molecular complexity index is 406. The van der Waals surface area contributed by atoms with Crippen LogP contribution in [0.15, 0.2) is 18.2 Å². The van der Waals surface area contributed by atoms with E-state index in [0.29, 0.717) is 11.7 Å². The van der Waals surface area contributed by atoms with E-state index < -0.39 is 4.92 Å². The van der Waals surface area contributed by atoms with Gasteiger partial charge in [-0.3, -0.25) is 10.1 Å². The van der Waals surface area contributed by atoms with Crippen molar-refractivity contribution in [3.63, 3.8) is 0 Å². The predicted molar refractivity (Wildman–Crippen MR) is 55.0 cm³/mol. The molecule has 0 bridgehead atoms. The van der Waals surface area contributed by atoms with Gasteiger partial charge in [0.1, 0.15) is 5.75 Å². The van der Waals surface area contributed by atoms with Gasteiger partial charge < -0.3 is 10.5 Å². The van der Waals surface area contributed by atoms with Gasteiger partial charge in [0.25, 0.3) is 5.69 Å². The van der Waals surface area contributed by atoms with Crippen molar-refractivity contribution in [2.24, 2.45) is 5.73 Å². The second-order valence-corrected chi connectivity index (χ2v) is 3.69. The van der Waals surface area contributed by atoms with Crippen LogP contribution in [0.3, 0.4) is 0 Å². The van der Waals surface area contributed by atoms with Gasteiger partial charge in [-0.05, 0) is 18.1 Å². The Morgan fingerprint density at radius 3 is 2.73 bits per heavy atom. The second kappa shape index (κ2) is 3.51. The Hall–Kier alpha value is -1.62. The summed E-state index contributed by atoms with van der Waals surface area (Å²) in [6.45, 7) is 0. The highest BCUT2D eigenvalue weighted by Gasteiger charge is 2.37. The van der Waals surface area contributed by atoms with E-state index in [9.17, 15) is 10.1 Å². The molecular formula is C10H12N2O3. The Morgan fingerprint density at radius 2 is 2.27 bits per heavy atom. The SMILES string of the molecule is COc1cc([N+](=O)[O-])ccc1C1CC1N. The first-order valence-electron chi connectivity index (χ1n) is 4.71. The predicted octanol–water partition coefficient (Wildman–Crippen LogP) is 1.42. The van der Waals surface area contributed by atoms with E-state index >= 15 is 0 Å². The number of methoxy groups -OCH3 is 1. The van der Waals surface area contributed by atoms with Crippen LogP contribution in [0.1, 0.15) is 17.9 Å². The number of rotatable bonds is 3. The first-order valence-corrected chi connectivity index (χ1v) is 4.71. The largest absolute Gasteiger partial charge is 0.496 e. The molecule has 15 heavy (non-hydrogen) atoms. The summed E-state index contributed by atoms with van der Waals surface area (Å²) in [5.41, 5.74) is 6.74. The number of hydrogen-bond acceptors (Lipinski definition) is 4. The molecule has 2 atom stereocenters. The van der Waals surface area contributed by atoms with E-state index in [0.717, 1.165) is 12.0 Å². The lowest BCUT2D eigenvalue weighted by Crippen LogP contribution is -2.02. The lowest BCUT2D eigenvalue weighted by molar-refractivity contribution is -0.384. The Kier molecular flexibility index (Phi) is 2.32. The zero-order chi connectivity index (χ0) is 11.0. The Morgan fingerprint density at radius 1 is 1.60 bits per heavy atom. The summed E-state index contributed by atoms with van der Waals surface area (Å²) in [6.07, 6.45) is 0.925. The van der Waals surface area contributed by atoms with Gasteiger partial charge in [-0.2, -0.15) is 0 Å². The normalized spacial score (nSPS) is 23.6. The topological polar surface area (TPSA) is 78.4 Å². The Labute approximate surface area is 87.0 Å². The number of benzene rings is 1. The number of ether oxygens (including phenoxy) is 1. The minimum Gasteiger partial charge on any atom is -0.496 e. The maximum atomic E-state index is 10.6. The molecule has 1 aliphatic rings. The van der Waals surface area contributed by atoms with Crippen LogP contribution in [0.2, 0.25) is 0 Å². The third-order valence-electron chi connectivity index (χ3n) is 2.67. The van der Waals surface area contributed by atoms with Crippen molar-refractivity contribution in [1.82, 2.24) is 0 Å². The number of nitrogens with zero attached hydrogens (tertiary/aromatic N) is 1. The zero-order valence-electron chi connectivity index (χ0n) is 8.34. The third kappa shape index (κ3) is 1.78. The number of nitro groups is 1. The van der Waals surface area contributed by atoms with Crippen LogP contribution in [-0.4, -0.2) is 18.1 Å². The molecule has 0 amide bonds. The van der Waals surface area contributed by atoms with Crippen LogP contribution in [0.4, 0.5) is 5.69 Å². The average Bonchev–Trinajstić information content (AvgIpc) is 2.94. The maximum Gasteiger partial charge on any atom is 0.273 e. The van der Waals surface area contributed by atoms with Gasteiger partial charge in [0.05, 0.1) is 18.1 Å². The summed E-state index contributed by atoms with van der Waals surface area (Å²) in [5, 5.41) is 10.6. The molecule has 0 aromatic heterocycles. The molecule has 2 unspecified atom stereocenters. The van der Waals surface area contributed by atoms with Crippen molar-refractivity contribution in [3.8, 4) is 5.75 Å². The highest BCUT2D eigenvalue weighted by atomic mass is 16.6. The van der Waals surface area contributed by atoms with Crippen molar-refractivity contribution in [2.75, 3.05) is 7.11 Å². The van der Waals surface area contributed by atoms with Crippen molar-refractivity contribution in [3.05, 3.63) is 33.9 Å². The van der Waals surface area contributed by atoms with Gasteiger partial charge in [-0.1, -0.05) is 0 Å². The van der Waals surface area contributed by atoms with Crippen molar-refractivity contribution in [1.29, 1.82) is 0 Å². The molecule has 1 aromatic rings. The van der Waals surface area contributed by atoms with Gasteiger partial charge in [-0.25, -0.2) is 0 Å². The smallest absolute Gasteiger partial charge is 0.273 e. The molecule has 2 N–H and O–H groups in total. The molecule has 1 fully saturated rings. The van der Waals surface area contributed by atoms with Crippen LogP contribution >= 0.6 is 0 Å². The molecule has 0 saturated heterocycles. The first-order chi connectivity index (χ1) is 7.13. The van der Waals surface area contributed by atoms with Crippen molar-refractivity contribution in [2.45, 2.75) is 18.4 Å². The number of hydrogen-bond donors (Lipinski definition) is 1. The molecule has 1 saturated carbocycles. The lowest BCUT2D eigenvalue weighted by Gasteiger charge is -2.06. The zero-order valence-corrected chi connectivity index (χ0v) is 8.34. The first kappa shape index (κ1) is 9.92. The maximum absolute atomic E-state index is 10.6. The Balaban J connectivity index is 2.36. The number of nitro benzene ring substituents is 1. The van der Waals surface area contributed by atoms with E-state index in [1.54, 1.807) is 6.07 Å². The van der Waals surface area contributed by atoms with Crippen LogP contribution in [0.5, 0.6) is 5.75 Å². The van der Waals surface area contributed by atoms with E-state index in [-0.39, 0.29) is 11.7 Å². The number of non-ortho nitro benzene ring substituents is 1. The van der Waals surface area contributed by atoms with E-state index in [1.807, 2.05) is 0 Å². The average molecular weight is 208 g/mol. The summed E-state index contributed by atoms with van der Waals surface area (Å²) in [7, 11) is 1.51. The molecular weight excluding hydrogens is 196 g/mol. The van der Waals surface area contributed by atoms with Gasteiger partial charge in [-0.15, -0.1) is 0 Å². The fourth-order valence-corrected chi connectivity index (χ4v) is 1.69. The molecule has 2 rings (SSSR count). The van der Waals surface area contributed by atoms with E-state index in [1.165, 1.54) is 19.2 Å². The fraction of sp³-hybridized carbons (Fsp3) is 0.400. The summed E-state index contributed by atoms with van der Waals surface area (Å²) >= 11 is 0. The van der Waals surface area contributed by atoms with Crippen LogP contribution in [0, 0.1) is 10.1 Å². The second-order valence-electron chi connectivity index (χ2n) is 3.69. The highest BCUT2D eigenvalue weighted by Crippen LogP contribution is 2.44. The standard InChI is InChI=1S/C10H12N2O3/c1-15-10-4-6(12(13)14)2-3-7(10)8-5-9(8)11/h2-4,8-9H,5,11H2,1H3. The third-order valence-corrected chi connectivity index (χ3v) is 2.67. The van der Waals surface area contributed by atoms with Gasteiger partial charge >= 0.3 is 0 Å². The van der Waals surface area contributed by atoms with E-state index in [4.69, 9.17) is 10.5 Å². The summed E-state index contributed by atoms with van der Waals surface area (Å²) in [4.78, 5) is 10.1. The van der Waals surface area contributed by atoms with Crippen LogP contribution in [-0.2, 0) is 0 Å². The monoisotopic (exact) mass is 208 g/mol. The quantitative estimate of drug-likeness (QED) is 0.601. The minimum absolute atomic E-state index is 0.0461. The summed E-state index contributed by atoms with van der Waals surface area (Å²) in [5.74, 6) is 0.850. The van der Waals surface area contributed by atoms with Gasteiger partial charge in [0, 0.05) is 18.0 Å². The molecule has 0 aliphatic heterocycles. The molecule has 80 valence electrons. The molecule has 5 heteroatoms. The van der Waals surface area contributed by atoms with Crippen LogP contribution < -0.4 is 10.5 Å².